The van der Waals surface area contributed by atoms with Gasteiger partial charge in [-0.05, 0) is 37.6 Å². The van der Waals surface area contributed by atoms with E-state index in [-0.39, 0.29) is 12.4 Å². The van der Waals surface area contributed by atoms with Crippen molar-refractivity contribution in [1.82, 2.24) is 0 Å². The van der Waals surface area contributed by atoms with Gasteiger partial charge in [0, 0.05) is 23.7 Å². The lowest BCUT2D eigenvalue weighted by Gasteiger charge is -2.13. The Hall–Kier alpha value is -3.12. The summed E-state index contributed by atoms with van der Waals surface area (Å²) in [5.74, 6) is -1.07. The van der Waals surface area contributed by atoms with Crippen LogP contribution in [0.3, 0.4) is 0 Å². The van der Waals surface area contributed by atoms with Crippen LogP contribution in [0.5, 0.6) is 0 Å². The van der Waals surface area contributed by atoms with Gasteiger partial charge in [0.25, 0.3) is 5.91 Å². The summed E-state index contributed by atoms with van der Waals surface area (Å²) < 4.78 is 16.1. The first-order valence-electron chi connectivity index (χ1n) is 8.57. The van der Waals surface area contributed by atoms with E-state index < -0.39 is 18.0 Å². The third-order valence-corrected chi connectivity index (χ3v) is 4.11. The number of furan rings is 1. The molecule has 0 aliphatic carbocycles. The maximum Gasteiger partial charge on any atom is 0.375 e. The Balaban J connectivity index is 1.75. The van der Waals surface area contributed by atoms with Gasteiger partial charge in [-0.3, -0.25) is 4.79 Å². The Morgan fingerprint density at radius 1 is 1.15 bits per heavy atom. The first kappa shape index (κ1) is 18.7. The molecule has 2 aromatic carbocycles. The molecule has 0 aliphatic heterocycles. The Bertz CT molecular complexity index is 976. The second-order valence-corrected chi connectivity index (χ2v) is 6.25. The van der Waals surface area contributed by atoms with E-state index in [1.165, 1.54) is 14.0 Å². The molecule has 0 radical (unpaired) electrons. The van der Waals surface area contributed by atoms with E-state index in [9.17, 15) is 9.59 Å². The Kier molecular flexibility index (Phi) is 5.57. The van der Waals surface area contributed by atoms with Crippen LogP contribution in [0.2, 0.25) is 0 Å². The number of rotatable bonds is 6. The number of amides is 1. The van der Waals surface area contributed by atoms with Gasteiger partial charge in [0.1, 0.15) is 5.58 Å². The molecule has 140 valence electrons. The minimum atomic E-state index is -0.985. The normalized spacial score (nSPS) is 12.0. The average Bonchev–Trinajstić information content (AvgIpc) is 3.01. The summed E-state index contributed by atoms with van der Waals surface area (Å²) in [6.07, 6.45) is -0.985. The standard InChI is InChI=1S/C21H21NO5/c1-13-7-6-8-15(11-13)22-20(23)14(2)26-21(24)19-17(12-25-3)16-9-4-5-10-18(16)27-19/h4-11,14H,12H2,1-3H3,(H,22,23)/t14-/m0/s1. The summed E-state index contributed by atoms with van der Waals surface area (Å²) in [4.78, 5) is 24.9. The molecule has 1 atom stereocenters. The van der Waals surface area contributed by atoms with Gasteiger partial charge in [0.05, 0.1) is 6.61 Å². The van der Waals surface area contributed by atoms with Crippen LogP contribution in [0, 0.1) is 6.92 Å². The fourth-order valence-electron chi connectivity index (χ4n) is 2.79. The van der Waals surface area contributed by atoms with Crippen LogP contribution < -0.4 is 5.32 Å². The van der Waals surface area contributed by atoms with Gasteiger partial charge < -0.3 is 19.2 Å². The Morgan fingerprint density at radius 3 is 2.67 bits per heavy atom. The van der Waals surface area contributed by atoms with Crippen molar-refractivity contribution in [2.24, 2.45) is 0 Å². The number of hydrogen-bond acceptors (Lipinski definition) is 5. The predicted molar refractivity (Wildman–Crippen MR) is 102 cm³/mol. The molecule has 0 bridgehead atoms. The van der Waals surface area contributed by atoms with Gasteiger partial charge in [-0.15, -0.1) is 0 Å². The van der Waals surface area contributed by atoms with Crippen LogP contribution in [-0.4, -0.2) is 25.1 Å². The van der Waals surface area contributed by atoms with Gasteiger partial charge in [-0.25, -0.2) is 4.79 Å². The second-order valence-electron chi connectivity index (χ2n) is 6.25. The monoisotopic (exact) mass is 367 g/mol. The van der Waals surface area contributed by atoms with Crippen molar-refractivity contribution in [3.63, 3.8) is 0 Å². The van der Waals surface area contributed by atoms with E-state index in [1.54, 1.807) is 12.1 Å². The third kappa shape index (κ3) is 4.17. The third-order valence-electron chi connectivity index (χ3n) is 4.11. The zero-order valence-corrected chi connectivity index (χ0v) is 15.4. The molecule has 1 N–H and O–H groups in total. The van der Waals surface area contributed by atoms with Crippen molar-refractivity contribution in [1.29, 1.82) is 0 Å². The number of anilines is 1. The number of fused-ring (bicyclic) bond motifs is 1. The molecular weight excluding hydrogens is 346 g/mol. The highest BCUT2D eigenvalue weighted by Crippen LogP contribution is 2.27. The van der Waals surface area contributed by atoms with Gasteiger partial charge >= 0.3 is 5.97 Å². The molecule has 6 nitrogen and oxygen atoms in total. The lowest BCUT2D eigenvalue weighted by Crippen LogP contribution is -2.30. The van der Waals surface area contributed by atoms with Crippen molar-refractivity contribution < 1.29 is 23.5 Å². The highest BCUT2D eigenvalue weighted by Gasteiger charge is 2.25. The maximum atomic E-state index is 12.6. The first-order chi connectivity index (χ1) is 13.0. The van der Waals surface area contributed by atoms with E-state index in [2.05, 4.69) is 5.32 Å². The number of esters is 1. The van der Waals surface area contributed by atoms with Crippen molar-refractivity contribution in [2.75, 3.05) is 12.4 Å². The lowest BCUT2D eigenvalue weighted by molar-refractivity contribution is -0.123. The average molecular weight is 367 g/mol. The lowest BCUT2D eigenvalue weighted by atomic mass is 10.1. The van der Waals surface area contributed by atoms with Crippen LogP contribution >= 0.6 is 0 Å². The zero-order chi connectivity index (χ0) is 19.4. The SMILES string of the molecule is COCc1c(C(=O)O[C@@H](C)C(=O)Nc2cccc(C)c2)oc2ccccc12. The van der Waals surface area contributed by atoms with E-state index in [4.69, 9.17) is 13.9 Å². The molecule has 1 amide bonds. The van der Waals surface area contributed by atoms with Crippen LogP contribution in [0.1, 0.15) is 28.6 Å². The summed E-state index contributed by atoms with van der Waals surface area (Å²) in [5, 5.41) is 3.51. The van der Waals surface area contributed by atoms with Gasteiger partial charge in [0.2, 0.25) is 5.76 Å². The summed E-state index contributed by atoms with van der Waals surface area (Å²) in [6, 6.07) is 14.7. The van der Waals surface area contributed by atoms with E-state index in [0.29, 0.717) is 16.8 Å². The van der Waals surface area contributed by atoms with Crippen molar-refractivity contribution in [3.05, 3.63) is 65.4 Å². The minimum absolute atomic E-state index is 0.0493. The highest BCUT2D eigenvalue weighted by atomic mass is 16.6. The number of carbonyl (C=O) groups excluding carboxylic acids is 2. The fraction of sp³-hybridized carbons (Fsp3) is 0.238. The molecule has 0 aliphatic rings. The number of ether oxygens (including phenoxy) is 2. The molecule has 0 spiro atoms. The van der Waals surface area contributed by atoms with Crippen LogP contribution in [0.4, 0.5) is 5.69 Å². The summed E-state index contributed by atoms with van der Waals surface area (Å²) in [5.41, 5.74) is 2.83. The van der Waals surface area contributed by atoms with Gasteiger partial charge in [-0.1, -0.05) is 30.3 Å². The van der Waals surface area contributed by atoms with Gasteiger partial charge in [0.15, 0.2) is 6.10 Å². The van der Waals surface area contributed by atoms with Crippen molar-refractivity contribution in [2.45, 2.75) is 26.6 Å². The number of para-hydroxylation sites is 1. The van der Waals surface area contributed by atoms with Crippen LogP contribution in [-0.2, 0) is 20.9 Å². The van der Waals surface area contributed by atoms with Crippen LogP contribution in [0.25, 0.3) is 11.0 Å². The quantitative estimate of drug-likeness (QED) is 0.665. The number of aryl methyl sites for hydroxylation is 1. The second kappa shape index (κ2) is 8.05. The molecule has 1 aromatic heterocycles. The molecule has 0 saturated carbocycles. The predicted octanol–water partition coefficient (Wildman–Crippen LogP) is 4.07. The number of nitrogens with one attached hydrogen (secondary N) is 1. The summed E-state index contributed by atoms with van der Waals surface area (Å²) in [7, 11) is 1.54. The van der Waals surface area contributed by atoms with Crippen molar-refractivity contribution >= 4 is 28.5 Å². The largest absolute Gasteiger partial charge is 0.449 e. The molecule has 27 heavy (non-hydrogen) atoms. The Morgan fingerprint density at radius 2 is 1.93 bits per heavy atom. The van der Waals surface area contributed by atoms with E-state index >= 15 is 0 Å². The fourth-order valence-corrected chi connectivity index (χ4v) is 2.79. The molecular formula is C21H21NO5. The zero-order valence-electron chi connectivity index (χ0n) is 15.4. The smallest absolute Gasteiger partial charge is 0.375 e. The molecule has 0 unspecified atom stereocenters. The molecule has 6 heteroatoms. The first-order valence-corrected chi connectivity index (χ1v) is 8.57. The summed E-state index contributed by atoms with van der Waals surface area (Å²) in [6.45, 7) is 3.64. The molecule has 0 fully saturated rings. The van der Waals surface area contributed by atoms with Gasteiger partial charge in [-0.2, -0.15) is 0 Å². The number of benzene rings is 2. The van der Waals surface area contributed by atoms with E-state index in [1.807, 2.05) is 43.3 Å². The van der Waals surface area contributed by atoms with E-state index in [0.717, 1.165) is 10.9 Å². The van der Waals surface area contributed by atoms with Crippen LogP contribution in [0.15, 0.2) is 52.9 Å². The molecule has 3 aromatic rings. The maximum absolute atomic E-state index is 12.6. The highest BCUT2D eigenvalue weighted by molar-refractivity contribution is 5.99. The van der Waals surface area contributed by atoms with Crippen molar-refractivity contribution in [3.8, 4) is 0 Å². The molecule has 3 rings (SSSR count). The molecule has 1 heterocycles. The number of hydrogen-bond donors (Lipinski definition) is 1. The Labute approximate surface area is 157 Å². The number of carbonyl (C=O) groups is 2. The topological polar surface area (TPSA) is 77.8 Å². The number of methoxy groups -OCH3 is 1. The minimum Gasteiger partial charge on any atom is -0.449 e. The molecule has 0 saturated heterocycles. The summed E-state index contributed by atoms with van der Waals surface area (Å²) >= 11 is 0.